The number of amides is 1. The first-order chi connectivity index (χ1) is 15.2. The number of anilines is 2. The molecule has 2 aromatic heterocycles. The Bertz CT molecular complexity index is 1050. The molecule has 0 unspecified atom stereocenters. The maximum absolute atomic E-state index is 12.5. The Hall–Kier alpha value is -2.81. The Morgan fingerprint density at radius 2 is 1.94 bits per heavy atom. The molecule has 1 aliphatic carbocycles. The number of aryl methyl sites for hydroxylation is 1. The molecule has 0 bridgehead atoms. The van der Waals surface area contributed by atoms with Crippen LogP contribution in [0.3, 0.4) is 0 Å². The van der Waals surface area contributed by atoms with Crippen LogP contribution in [0.4, 0.5) is 11.8 Å². The molecule has 31 heavy (non-hydrogen) atoms. The molecule has 1 aliphatic heterocycles. The zero-order valence-electron chi connectivity index (χ0n) is 17.6. The maximum Gasteiger partial charge on any atom is 0.237 e. The van der Waals surface area contributed by atoms with Crippen LogP contribution in [0, 0.1) is 6.92 Å². The van der Waals surface area contributed by atoms with Gasteiger partial charge in [-0.3, -0.25) is 14.7 Å². The monoisotopic (exact) mass is 438 g/mol. The zero-order valence-corrected chi connectivity index (χ0v) is 18.4. The molecule has 2 aliphatic rings. The molecule has 162 valence electrons. The molecular formula is C22H26N6O2S. The summed E-state index contributed by atoms with van der Waals surface area (Å²) in [5.41, 5.74) is 2.83. The molecule has 1 saturated heterocycles. The van der Waals surface area contributed by atoms with Crippen LogP contribution in [0.5, 0.6) is 0 Å². The van der Waals surface area contributed by atoms with Gasteiger partial charge in [0.05, 0.1) is 5.75 Å². The summed E-state index contributed by atoms with van der Waals surface area (Å²) in [6.45, 7) is 4.10. The molecule has 8 nitrogen and oxygen atoms in total. The Balaban J connectivity index is 1.21. The summed E-state index contributed by atoms with van der Waals surface area (Å²) in [4.78, 5) is 14.8. The highest BCUT2D eigenvalue weighted by atomic mass is 32.2. The molecule has 0 radical (unpaired) electrons. The van der Waals surface area contributed by atoms with Gasteiger partial charge in [0.1, 0.15) is 5.69 Å². The lowest BCUT2D eigenvalue weighted by atomic mass is 10.1. The molecule has 1 amide bonds. The molecule has 1 N–H and O–H groups in total. The molecule has 0 spiro atoms. The van der Waals surface area contributed by atoms with Gasteiger partial charge in [-0.05, 0) is 39.0 Å². The lowest BCUT2D eigenvalue weighted by molar-refractivity contribution is -0.113. The SMILES string of the molecule is Cc1ccc(-c2cc(NC(=O)CSc3nnc(N4CCCCC4)n3C3CC3)on2)cc1. The van der Waals surface area contributed by atoms with Crippen molar-refractivity contribution in [3.05, 3.63) is 35.9 Å². The Morgan fingerprint density at radius 1 is 1.16 bits per heavy atom. The second kappa shape index (κ2) is 8.74. The van der Waals surface area contributed by atoms with E-state index in [4.69, 9.17) is 4.52 Å². The van der Waals surface area contributed by atoms with Crippen molar-refractivity contribution in [1.82, 2.24) is 19.9 Å². The summed E-state index contributed by atoms with van der Waals surface area (Å²) in [5, 5.41) is 16.5. The van der Waals surface area contributed by atoms with Crippen molar-refractivity contribution < 1.29 is 9.32 Å². The largest absolute Gasteiger partial charge is 0.341 e. The summed E-state index contributed by atoms with van der Waals surface area (Å²) >= 11 is 1.42. The van der Waals surface area contributed by atoms with Gasteiger partial charge in [0.2, 0.25) is 17.7 Å². The third-order valence-electron chi connectivity index (χ3n) is 5.65. The van der Waals surface area contributed by atoms with Crippen LogP contribution in [0.1, 0.15) is 43.7 Å². The third-order valence-corrected chi connectivity index (χ3v) is 6.59. The molecule has 9 heteroatoms. The lowest BCUT2D eigenvalue weighted by Gasteiger charge is -2.27. The summed E-state index contributed by atoms with van der Waals surface area (Å²) in [6.07, 6.45) is 5.98. The van der Waals surface area contributed by atoms with E-state index in [1.807, 2.05) is 31.2 Å². The van der Waals surface area contributed by atoms with E-state index >= 15 is 0 Å². The predicted molar refractivity (Wildman–Crippen MR) is 120 cm³/mol. The van der Waals surface area contributed by atoms with Gasteiger partial charge in [-0.15, -0.1) is 10.2 Å². The van der Waals surface area contributed by atoms with Crippen molar-refractivity contribution in [1.29, 1.82) is 0 Å². The lowest BCUT2D eigenvalue weighted by Crippen LogP contribution is -2.32. The highest BCUT2D eigenvalue weighted by molar-refractivity contribution is 7.99. The first kappa shape index (κ1) is 20.1. The fourth-order valence-electron chi connectivity index (χ4n) is 3.83. The van der Waals surface area contributed by atoms with Crippen LogP contribution in [-0.2, 0) is 4.79 Å². The zero-order chi connectivity index (χ0) is 21.2. The van der Waals surface area contributed by atoms with Crippen LogP contribution in [-0.4, -0.2) is 44.7 Å². The van der Waals surface area contributed by atoms with E-state index in [1.54, 1.807) is 6.07 Å². The Morgan fingerprint density at radius 3 is 2.68 bits per heavy atom. The number of nitrogens with zero attached hydrogens (tertiary/aromatic N) is 5. The van der Waals surface area contributed by atoms with Crippen molar-refractivity contribution in [2.24, 2.45) is 0 Å². The van der Waals surface area contributed by atoms with E-state index in [-0.39, 0.29) is 11.7 Å². The fourth-order valence-corrected chi connectivity index (χ4v) is 4.63. The van der Waals surface area contributed by atoms with Crippen molar-refractivity contribution >= 4 is 29.5 Å². The van der Waals surface area contributed by atoms with Crippen LogP contribution in [0.2, 0.25) is 0 Å². The number of thioether (sulfide) groups is 1. The average Bonchev–Trinajstić information content (AvgIpc) is 3.37. The Kier molecular flexibility index (Phi) is 5.67. The van der Waals surface area contributed by atoms with E-state index in [0.717, 1.165) is 42.6 Å². The quantitative estimate of drug-likeness (QED) is 0.550. The number of piperidine rings is 1. The topological polar surface area (TPSA) is 89.1 Å². The molecule has 0 atom stereocenters. The van der Waals surface area contributed by atoms with Crippen LogP contribution in [0.25, 0.3) is 11.3 Å². The minimum Gasteiger partial charge on any atom is -0.341 e. The van der Waals surface area contributed by atoms with Gasteiger partial charge in [0, 0.05) is 30.8 Å². The standard InChI is InChI=1S/C22H26N6O2S/c1-15-5-7-16(8-6-15)18-13-20(30-26-18)23-19(29)14-31-22-25-24-21(28(22)17-9-10-17)27-11-3-2-4-12-27/h5-8,13,17H,2-4,9-12,14H2,1H3,(H,23,29). The fraction of sp³-hybridized carbons (Fsp3) is 0.455. The summed E-state index contributed by atoms with van der Waals surface area (Å²) in [7, 11) is 0. The second-order valence-electron chi connectivity index (χ2n) is 8.21. The van der Waals surface area contributed by atoms with Crippen LogP contribution < -0.4 is 10.2 Å². The molecule has 3 heterocycles. The number of rotatable bonds is 7. The first-order valence-corrected chi connectivity index (χ1v) is 11.8. The molecule has 1 saturated carbocycles. The van der Waals surface area contributed by atoms with Gasteiger partial charge in [-0.2, -0.15) is 0 Å². The van der Waals surface area contributed by atoms with Crippen LogP contribution >= 0.6 is 11.8 Å². The van der Waals surface area contributed by atoms with Gasteiger partial charge >= 0.3 is 0 Å². The number of nitrogens with one attached hydrogen (secondary N) is 1. The first-order valence-electron chi connectivity index (χ1n) is 10.8. The summed E-state index contributed by atoms with van der Waals surface area (Å²) in [6, 6.07) is 10.2. The van der Waals surface area contributed by atoms with E-state index in [9.17, 15) is 4.79 Å². The molecular weight excluding hydrogens is 412 g/mol. The average molecular weight is 439 g/mol. The number of aromatic nitrogens is 4. The summed E-state index contributed by atoms with van der Waals surface area (Å²) < 4.78 is 7.53. The number of carbonyl (C=O) groups excluding carboxylic acids is 1. The molecule has 3 aromatic rings. The second-order valence-corrected chi connectivity index (χ2v) is 9.15. The van der Waals surface area contributed by atoms with Gasteiger partial charge in [-0.1, -0.05) is 46.7 Å². The number of hydrogen-bond acceptors (Lipinski definition) is 7. The molecule has 2 fully saturated rings. The molecule has 5 rings (SSSR count). The minimum absolute atomic E-state index is 0.151. The normalized spacial score (nSPS) is 16.5. The van der Waals surface area contributed by atoms with E-state index in [1.165, 1.54) is 36.6 Å². The van der Waals surface area contributed by atoms with Gasteiger partial charge < -0.3 is 9.42 Å². The van der Waals surface area contributed by atoms with Crippen LogP contribution in [0.15, 0.2) is 40.0 Å². The highest BCUT2D eigenvalue weighted by Gasteiger charge is 2.32. The van der Waals surface area contributed by atoms with Gasteiger partial charge in [0.15, 0.2) is 5.16 Å². The minimum atomic E-state index is -0.151. The Labute approximate surface area is 185 Å². The number of carbonyl (C=O) groups is 1. The van der Waals surface area contributed by atoms with Crippen molar-refractivity contribution in [2.45, 2.75) is 50.2 Å². The van der Waals surface area contributed by atoms with Gasteiger partial charge in [0.25, 0.3) is 0 Å². The van der Waals surface area contributed by atoms with E-state index < -0.39 is 0 Å². The maximum atomic E-state index is 12.5. The third kappa shape index (κ3) is 4.61. The van der Waals surface area contributed by atoms with Gasteiger partial charge in [-0.25, -0.2) is 0 Å². The predicted octanol–water partition coefficient (Wildman–Crippen LogP) is 4.30. The van der Waals surface area contributed by atoms with Crippen molar-refractivity contribution in [3.63, 3.8) is 0 Å². The van der Waals surface area contributed by atoms with E-state index in [2.05, 4.69) is 30.1 Å². The van der Waals surface area contributed by atoms with Crippen molar-refractivity contribution in [2.75, 3.05) is 29.1 Å². The van der Waals surface area contributed by atoms with E-state index in [0.29, 0.717) is 17.6 Å². The smallest absolute Gasteiger partial charge is 0.237 e. The number of benzene rings is 1. The highest BCUT2D eigenvalue weighted by Crippen LogP contribution is 2.41. The molecule has 1 aromatic carbocycles. The number of hydrogen-bond donors (Lipinski definition) is 1. The summed E-state index contributed by atoms with van der Waals surface area (Å²) in [5.74, 6) is 1.40. The van der Waals surface area contributed by atoms with Crippen molar-refractivity contribution in [3.8, 4) is 11.3 Å².